The van der Waals surface area contributed by atoms with E-state index in [1.807, 2.05) is 7.05 Å². The number of rotatable bonds is 6. The largest absolute Gasteiger partial charge is 0.495 e. The van der Waals surface area contributed by atoms with E-state index >= 15 is 0 Å². The highest BCUT2D eigenvalue weighted by Gasteiger charge is 2.23. The van der Waals surface area contributed by atoms with Crippen LogP contribution in [0.5, 0.6) is 5.75 Å². The van der Waals surface area contributed by atoms with Gasteiger partial charge in [-0.3, -0.25) is 9.59 Å². The first-order valence-corrected chi connectivity index (χ1v) is 11.7. The third-order valence-corrected chi connectivity index (χ3v) is 6.99. The van der Waals surface area contributed by atoms with Gasteiger partial charge in [0.15, 0.2) is 0 Å². The fourth-order valence-corrected chi connectivity index (χ4v) is 4.24. The van der Waals surface area contributed by atoms with Gasteiger partial charge in [0.2, 0.25) is 10.0 Å². The van der Waals surface area contributed by atoms with Gasteiger partial charge < -0.3 is 19.9 Å². The number of halogens is 1. The summed E-state index contributed by atoms with van der Waals surface area (Å²) in [7, 11) is 0.967. The molecule has 2 aromatic carbocycles. The molecule has 0 aliphatic carbocycles. The van der Waals surface area contributed by atoms with Crippen LogP contribution < -0.4 is 14.8 Å². The average molecular weight is 481 g/mol. The number of ether oxygens (including phenoxy) is 1. The predicted octanol–water partition coefficient (Wildman–Crippen LogP) is 1.90. The quantitative estimate of drug-likeness (QED) is 0.653. The SMILES string of the molecule is CNS(=O)(=O)c1ccc(Cl)c(C(=O)Nc2cc(C(=O)N3CCN(C)CC3)ccc2OC)c1. The monoisotopic (exact) mass is 480 g/mol. The van der Waals surface area contributed by atoms with Crippen molar-refractivity contribution in [1.29, 1.82) is 0 Å². The number of methoxy groups -OCH3 is 1. The average Bonchev–Trinajstić information content (AvgIpc) is 2.79. The highest BCUT2D eigenvalue weighted by atomic mass is 35.5. The fraction of sp³-hybridized carbons (Fsp3) is 0.333. The normalized spacial score (nSPS) is 14.8. The molecule has 1 saturated heterocycles. The molecule has 9 nitrogen and oxygen atoms in total. The number of hydrogen-bond donors (Lipinski definition) is 2. The summed E-state index contributed by atoms with van der Waals surface area (Å²) < 4.78 is 31.7. The number of hydrogen-bond acceptors (Lipinski definition) is 6. The zero-order valence-electron chi connectivity index (χ0n) is 18.0. The number of benzene rings is 2. The summed E-state index contributed by atoms with van der Waals surface area (Å²) in [6.45, 7) is 2.81. The molecule has 0 atom stereocenters. The van der Waals surface area contributed by atoms with Crippen LogP contribution in [0.3, 0.4) is 0 Å². The van der Waals surface area contributed by atoms with Crippen molar-refractivity contribution in [3.8, 4) is 5.75 Å². The maximum atomic E-state index is 12.9. The van der Waals surface area contributed by atoms with Crippen LogP contribution in [-0.2, 0) is 10.0 Å². The van der Waals surface area contributed by atoms with E-state index in [2.05, 4.69) is 14.9 Å². The second-order valence-electron chi connectivity index (χ2n) is 7.31. The molecule has 0 saturated carbocycles. The maximum Gasteiger partial charge on any atom is 0.257 e. The van der Waals surface area contributed by atoms with Gasteiger partial charge >= 0.3 is 0 Å². The van der Waals surface area contributed by atoms with Crippen molar-refractivity contribution < 1.29 is 22.7 Å². The van der Waals surface area contributed by atoms with Crippen LogP contribution in [0.2, 0.25) is 5.02 Å². The number of amides is 2. The van der Waals surface area contributed by atoms with E-state index in [0.29, 0.717) is 24.4 Å². The molecule has 1 aliphatic rings. The van der Waals surface area contributed by atoms with Crippen molar-refractivity contribution in [2.75, 3.05) is 52.7 Å². The Labute approximate surface area is 192 Å². The molecular weight excluding hydrogens is 456 g/mol. The highest BCUT2D eigenvalue weighted by Crippen LogP contribution is 2.28. The van der Waals surface area contributed by atoms with Crippen LogP contribution in [0.4, 0.5) is 5.69 Å². The molecule has 2 amide bonds. The Morgan fingerprint density at radius 2 is 1.75 bits per heavy atom. The lowest BCUT2D eigenvalue weighted by atomic mass is 10.1. The smallest absolute Gasteiger partial charge is 0.257 e. The molecule has 2 aromatic rings. The van der Waals surface area contributed by atoms with Crippen LogP contribution in [0.25, 0.3) is 0 Å². The standard InChI is InChI=1S/C21H25ClN4O5S/c1-23-32(29,30)15-5-6-17(22)16(13-15)20(27)24-18-12-14(4-7-19(18)31-3)21(28)26-10-8-25(2)9-11-26/h4-7,12-13,23H,8-11H2,1-3H3,(H,24,27). The molecule has 2 N–H and O–H groups in total. The van der Waals surface area contributed by atoms with Gasteiger partial charge in [0, 0.05) is 31.7 Å². The number of nitrogens with zero attached hydrogens (tertiary/aromatic N) is 2. The zero-order chi connectivity index (χ0) is 23.5. The predicted molar refractivity (Wildman–Crippen MR) is 122 cm³/mol. The zero-order valence-corrected chi connectivity index (χ0v) is 19.6. The molecule has 0 aromatic heterocycles. The summed E-state index contributed by atoms with van der Waals surface area (Å²) in [5, 5.41) is 2.76. The van der Waals surface area contributed by atoms with Gasteiger partial charge in [-0.1, -0.05) is 11.6 Å². The topological polar surface area (TPSA) is 108 Å². The van der Waals surface area contributed by atoms with Crippen LogP contribution in [0, 0.1) is 0 Å². The van der Waals surface area contributed by atoms with E-state index in [1.54, 1.807) is 23.1 Å². The molecule has 1 fully saturated rings. The number of carbonyl (C=O) groups excluding carboxylic acids is 2. The molecule has 0 radical (unpaired) electrons. The first-order chi connectivity index (χ1) is 15.2. The van der Waals surface area contributed by atoms with E-state index in [9.17, 15) is 18.0 Å². The third-order valence-electron chi connectivity index (χ3n) is 5.25. The lowest BCUT2D eigenvalue weighted by molar-refractivity contribution is 0.0664. The Kier molecular flexibility index (Phi) is 7.40. The molecule has 0 unspecified atom stereocenters. The van der Waals surface area contributed by atoms with Crippen molar-refractivity contribution >= 4 is 39.1 Å². The molecule has 3 rings (SSSR count). The van der Waals surface area contributed by atoms with E-state index in [0.717, 1.165) is 13.1 Å². The van der Waals surface area contributed by atoms with Gasteiger partial charge in [0.05, 0.1) is 28.3 Å². The number of sulfonamides is 1. The Hall–Kier alpha value is -2.66. The third kappa shape index (κ3) is 5.21. The van der Waals surface area contributed by atoms with Crippen LogP contribution in [-0.4, -0.2) is 77.4 Å². The number of anilines is 1. The molecule has 0 spiro atoms. The minimum atomic E-state index is -3.76. The van der Waals surface area contributed by atoms with Gasteiger partial charge in [-0.15, -0.1) is 0 Å². The Bertz CT molecular complexity index is 1130. The van der Waals surface area contributed by atoms with Crippen LogP contribution in [0.1, 0.15) is 20.7 Å². The number of nitrogens with one attached hydrogen (secondary N) is 2. The maximum absolute atomic E-state index is 12.9. The van der Waals surface area contributed by atoms with E-state index in [-0.39, 0.29) is 27.1 Å². The first kappa shape index (κ1) is 24.0. The number of piperazine rings is 1. The minimum absolute atomic E-state index is 0.0270. The van der Waals surface area contributed by atoms with Gasteiger partial charge in [0.25, 0.3) is 11.8 Å². The van der Waals surface area contributed by atoms with Crippen molar-refractivity contribution in [3.05, 3.63) is 52.5 Å². The van der Waals surface area contributed by atoms with Crippen LogP contribution in [0.15, 0.2) is 41.3 Å². The summed E-state index contributed by atoms with van der Waals surface area (Å²) in [6, 6.07) is 8.62. The second kappa shape index (κ2) is 9.86. The molecular formula is C21H25ClN4O5S. The lowest BCUT2D eigenvalue weighted by Gasteiger charge is -2.32. The Morgan fingerprint density at radius 1 is 1.06 bits per heavy atom. The highest BCUT2D eigenvalue weighted by molar-refractivity contribution is 7.89. The van der Waals surface area contributed by atoms with Gasteiger partial charge in [-0.05, 0) is 50.5 Å². The van der Waals surface area contributed by atoms with Crippen LogP contribution >= 0.6 is 11.6 Å². The Morgan fingerprint density at radius 3 is 2.38 bits per heavy atom. The van der Waals surface area contributed by atoms with Crippen molar-refractivity contribution in [1.82, 2.24) is 14.5 Å². The fourth-order valence-electron chi connectivity index (χ4n) is 3.28. The summed E-state index contributed by atoms with van der Waals surface area (Å²) in [4.78, 5) is 29.6. The molecule has 172 valence electrons. The van der Waals surface area contributed by atoms with E-state index < -0.39 is 15.9 Å². The summed E-state index contributed by atoms with van der Waals surface area (Å²) in [6.07, 6.45) is 0. The van der Waals surface area contributed by atoms with Crippen molar-refractivity contribution in [3.63, 3.8) is 0 Å². The second-order valence-corrected chi connectivity index (χ2v) is 9.61. The summed E-state index contributed by atoms with van der Waals surface area (Å²) in [5.74, 6) is -0.426. The molecule has 11 heteroatoms. The van der Waals surface area contributed by atoms with Gasteiger partial charge in [-0.2, -0.15) is 0 Å². The number of likely N-dealkylation sites (N-methyl/N-ethyl adjacent to an activating group) is 1. The van der Waals surface area contributed by atoms with Gasteiger partial charge in [0.1, 0.15) is 5.75 Å². The summed E-state index contributed by atoms with van der Waals surface area (Å²) >= 11 is 6.15. The molecule has 32 heavy (non-hydrogen) atoms. The van der Waals surface area contributed by atoms with Gasteiger partial charge in [-0.25, -0.2) is 13.1 Å². The first-order valence-electron chi connectivity index (χ1n) is 9.86. The van der Waals surface area contributed by atoms with E-state index in [4.69, 9.17) is 16.3 Å². The van der Waals surface area contributed by atoms with E-state index in [1.165, 1.54) is 32.4 Å². The lowest BCUT2D eigenvalue weighted by Crippen LogP contribution is -2.47. The molecule has 0 bridgehead atoms. The van der Waals surface area contributed by atoms with Crippen molar-refractivity contribution in [2.45, 2.75) is 4.90 Å². The number of carbonyl (C=O) groups is 2. The van der Waals surface area contributed by atoms with Crippen molar-refractivity contribution in [2.24, 2.45) is 0 Å². The minimum Gasteiger partial charge on any atom is -0.495 e. The molecule has 1 aliphatic heterocycles. The molecule has 1 heterocycles. The Balaban J connectivity index is 1.88. The summed E-state index contributed by atoms with van der Waals surface area (Å²) in [5.41, 5.74) is 0.652.